The summed E-state index contributed by atoms with van der Waals surface area (Å²) < 4.78 is 5.05. The van der Waals surface area contributed by atoms with Crippen LogP contribution in [0.5, 0.6) is 6.01 Å². The van der Waals surface area contributed by atoms with Crippen molar-refractivity contribution < 1.29 is 4.74 Å². The maximum Gasteiger partial charge on any atom is 0.322 e. The Kier molecular flexibility index (Phi) is 4.46. The first-order valence-electron chi connectivity index (χ1n) is 5.68. The van der Waals surface area contributed by atoms with Crippen molar-refractivity contribution in [1.82, 2.24) is 15.0 Å². The molecule has 0 saturated carbocycles. The van der Waals surface area contributed by atoms with Crippen LogP contribution < -0.4 is 15.0 Å². The molecule has 0 fully saturated rings. The number of rotatable bonds is 4. The van der Waals surface area contributed by atoms with Crippen LogP contribution in [0.2, 0.25) is 10.0 Å². The first-order valence-corrected chi connectivity index (χ1v) is 6.44. The van der Waals surface area contributed by atoms with Crippen LogP contribution >= 0.6 is 23.2 Å². The van der Waals surface area contributed by atoms with Crippen LogP contribution in [0, 0.1) is 0 Å². The average Bonchev–Trinajstić information content (AvgIpc) is 2.36. The molecule has 0 unspecified atom stereocenters. The van der Waals surface area contributed by atoms with Gasteiger partial charge in [0.1, 0.15) is 0 Å². The SMILES string of the molecule is COc1nc(Nc2cc(Cl)cc(Cl)c2)nc(N(C)C)n1. The van der Waals surface area contributed by atoms with Crippen LogP contribution in [0.15, 0.2) is 18.2 Å². The monoisotopic (exact) mass is 313 g/mol. The van der Waals surface area contributed by atoms with Crippen molar-refractivity contribution in [3.8, 4) is 6.01 Å². The Morgan fingerprint density at radius 2 is 1.70 bits per heavy atom. The summed E-state index contributed by atoms with van der Waals surface area (Å²) >= 11 is 11.9. The van der Waals surface area contributed by atoms with Crippen molar-refractivity contribution in [1.29, 1.82) is 0 Å². The van der Waals surface area contributed by atoms with Gasteiger partial charge in [0, 0.05) is 29.8 Å². The van der Waals surface area contributed by atoms with Gasteiger partial charge in [-0.15, -0.1) is 0 Å². The van der Waals surface area contributed by atoms with Gasteiger partial charge in [0.25, 0.3) is 0 Å². The molecule has 1 aromatic carbocycles. The number of methoxy groups -OCH3 is 1. The second-order valence-electron chi connectivity index (χ2n) is 4.12. The lowest BCUT2D eigenvalue weighted by Gasteiger charge is -2.13. The summed E-state index contributed by atoms with van der Waals surface area (Å²) in [6.45, 7) is 0. The number of nitrogens with one attached hydrogen (secondary N) is 1. The summed E-state index contributed by atoms with van der Waals surface area (Å²) in [5.74, 6) is 0.825. The molecule has 106 valence electrons. The Morgan fingerprint density at radius 1 is 1.05 bits per heavy atom. The summed E-state index contributed by atoms with van der Waals surface area (Å²) in [7, 11) is 5.15. The molecule has 1 aromatic heterocycles. The Bertz CT molecular complexity index is 601. The fourth-order valence-electron chi connectivity index (χ4n) is 1.45. The van der Waals surface area contributed by atoms with E-state index in [0.717, 1.165) is 0 Å². The average molecular weight is 314 g/mol. The van der Waals surface area contributed by atoms with Crippen molar-refractivity contribution in [3.05, 3.63) is 28.2 Å². The maximum absolute atomic E-state index is 5.95. The molecule has 20 heavy (non-hydrogen) atoms. The van der Waals surface area contributed by atoms with Gasteiger partial charge in [0.2, 0.25) is 11.9 Å². The van der Waals surface area contributed by atoms with Crippen LogP contribution in [0.1, 0.15) is 0 Å². The standard InChI is InChI=1S/C12H13Cl2N5O/c1-19(2)11-16-10(17-12(18-11)20-3)15-9-5-7(13)4-8(14)6-9/h4-6H,1-3H3,(H,15,16,17,18). The van der Waals surface area contributed by atoms with E-state index in [1.54, 1.807) is 23.1 Å². The third-order valence-corrected chi connectivity index (χ3v) is 2.74. The van der Waals surface area contributed by atoms with Gasteiger partial charge in [0.05, 0.1) is 7.11 Å². The molecule has 1 heterocycles. The number of hydrogen-bond acceptors (Lipinski definition) is 6. The molecule has 0 amide bonds. The molecule has 0 radical (unpaired) electrons. The number of ether oxygens (including phenoxy) is 1. The second-order valence-corrected chi connectivity index (χ2v) is 5.00. The number of hydrogen-bond donors (Lipinski definition) is 1. The van der Waals surface area contributed by atoms with E-state index >= 15 is 0 Å². The molecule has 0 aliphatic carbocycles. The first kappa shape index (κ1) is 14.6. The van der Waals surface area contributed by atoms with Crippen LogP contribution in [-0.2, 0) is 0 Å². The molecular formula is C12H13Cl2N5O. The van der Waals surface area contributed by atoms with Crippen LogP contribution in [0.4, 0.5) is 17.6 Å². The lowest BCUT2D eigenvalue weighted by molar-refractivity contribution is 0.379. The van der Waals surface area contributed by atoms with Crippen molar-refractivity contribution in [3.63, 3.8) is 0 Å². The summed E-state index contributed by atoms with van der Waals surface area (Å²) in [6.07, 6.45) is 0. The van der Waals surface area contributed by atoms with E-state index in [9.17, 15) is 0 Å². The minimum absolute atomic E-state index is 0.222. The lowest BCUT2D eigenvalue weighted by Crippen LogP contribution is -2.15. The van der Waals surface area contributed by atoms with Gasteiger partial charge in [-0.05, 0) is 18.2 Å². The second kappa shape index (κ2) is 6.11. The molecule has 0 aliphatic rings. The van der Waals surface area contributed by atoms with Gasteiger partial charge < -0.3 is 15.0 Å². The zero-order chi connectivity index (χ0) is 14.7. The molecule has 2 rings (SSSR count). The van der Waals surface area contributed by atoms with Crippen molar-refractivity contribution in [2.75, 3.05) is 31.4 Å². The van der Waals surface area contributed by atoms with E-state index in [1.165, 1.54) is 7.11 Å². The van der Waals surface area contributed by atoms with Gasteiger partial charge in [-0.2, -0.15) is 15.0 Å². The zero-order valence-electron chi connectivity index (χ0n) is 11.2. The zero-order valence-corrected chi connectivity index (χ0v) is 12.7. The van der Waals surface area contributed by atoms with Gasteiger partial charge in [0.15, 0.2) is 0 Å². The van der Waals surface area contributed by atoms with Crippen molar-refractivity contribution in [2.45, 2.75) is 0 Å². The molecule has 8 heteroatoms. The fraction of sp³-hybridized carbons (Fsp3) is 0.250. The topological polar surface area (TPSA) is 63.2 Å². The van der Waals surface area contributed by atoms with E-state index in [2.05, 4.69) is 20.3 Å². The summed E-state index contributed by atoms with van der Waals surface area (Å²) in [4.78, 5) is 14.3. The van der Waals surface area contributed by atoms with Crippen LogP contribution in [0.3, 0.4) is 0 Å². The molecule has 1 N–H and O–H groups in total. The van der Waals surface area contributed by atoms with E-state index < -0.39 is 0 Å². The summed E-state index contributed by atoms with van der Waals surface area (Å²) in [5.41, 5.74) is 0.681. The van der Waals surface area contributed by atoms with Gasteiger partial charge in [-0.3, -0.25) is 0 Å². The van der Waals surface area contributed by atoms with E-state index in [-0.39, 0.29) is 6.01 Å². The van der Waals surface area contributed by atoms with Gasteiger partial charge >= 0.3 is 6.01 Å². The van der Waals surface area contributed by atoms with E-state index in [0.29, 0.717) is 27.6 Å². The minimum atomic E-state index is 0.222. The molecule has 0 saturated heterocycles. The normalized spacial score (nSPS) is 10.2. The highest BCUT2D eigenvalue weighted by atomic mass is 35.5. The van der Waals surface area contributed by atoms with Crippen molar-refractivity contribution >= 4 is 40.8 Å². The molecular weight excluding hydrogens is 301 g/mol. The van der Waals surface area contributed by atoms with Gasteiger partial charge in [-0.25, -0.2) is 0 Å². The van der Waals surface area contributed by atoms with Crippen molar-refractivity contribution in [2.24, 2.45) is 0 Å². The highest BCUT2D eigenvalue weighted by Gasteiger charge is 2.09. The lowest BCUT2D eigenvalue weighted by atomic mass is 10.3. The number of nitrogens with zero attached hydrogens (tertiary/aromatic N) is 4. The maximum atomic E-state index is 5.95. The smallest absolute Gasteiger partial charge is 0.322 e. The number of anilines is 3. The molecule has 0 bridgehead atoms. The number of halogens is 2. The predicted molar refractivity (Wildman–Crippen MR) is 80.5 cm³/mol. The van der Waals surface area contributed by atoms with E-state index in [1.807, 2.05) is 14.1 Å². The van der Waals surface area contributed by atoms with Gasteiger partial charge in [-0.1, -0.05) is 23.2 Å². The minimum Gasteiger partial charge on any atom is -0.467 e. The Labute approximate surface area is 126 Å². The predicted octanol–water partition coefficient (Wildman–Crippen LogP) is 3.00. The van der Waals surface area contributed by atoms with E-state index in [4.69, 9.17) is 27.9 Å². The molecule has 0 spiro atoms. The Balaban J connectivity index is 2.34. The molecule has 0 atom stereocenters. The quantitative estimate of drug-likeness (QED) is 0.936. The summed E-state index contributed by atoms with van der Waals surface area (Å²) in [6, 6.07) is 5.31. The Hall–Kier alpha value is -1.79. The number of benzene rings is 1. The van der Waals surface area contributed by atoms with Crippen LogP contribution in [-0.4, -0.2) is 36.2 Å². The largest absolute Gasteiger partial charge is 0.467 e. The fourth-order valence-corrected chi connectivity index (χ4v) is 1.97. The highest BCUT2D eigenvalue weighted by molar-refractivity contribution is 6.35. The molecule has 0 aliphatic heterocycles. The third kappa shape index (κ3) is 3.61. The number of aromatic nitrogens is 3. The third-order valence-electron chi connectivity index (χ3n) is 2.30. The molecule has 6 nitrogen and oxygen atoms in total. The highest BCUT2D eigenvalue weighted by Crippen LogP contribution is 2.25. The van der Waals surface area contributed by atoms with Crippen LogP contribution in [0.25, 0.3) is 0 Å². The Morgan fingerprint density at radius 3 is 2.25 bits per heavy atom. The molecule has 2 aromatic rings. The first-order chi connectivity index (χ1) is 9.47. The summed E-state index contributed by atoms with van der Waals surface area (Å²) in [5, 5.41) is 4.06.